The summed E-state index contributed by atoms with van der Waals surface area (Å²) >= 11 is 5.46. The first-order chi connectivity index (χ1) is 5.38. The molecule has 1 N–H and O–H groups in total. The SMILES string of the molecule is CNc1ccccc1/C=C\Cl. The summed E-state index contributed by atoms with van der Waals surface area (Å²) in [5.74, 6) is 0. The minimum absolute atomic E-state index is 1.09. The molecule has 0 aliphatic carbocycles. The molecule has 1 aromatic rings. The lowest BCUT2D eigenvalue weighted by molar-refractivity contribution is 1.49. The van der Waals surface area contributed by atoms with Crippen molar-refractivity contribution in [3.63, 3.8) is 0 Å². The van der Waals surface area contributed by atoms with E-state index in [9.17, 15) is 0 Å². The lowest BCUT2D eigenvalue weighted by Crippen LogP contribution is -1.89. The second-order valence-corrected chi connectivity index (χ2v) is 2.38. The Morgan fingerprint density at radius 2 is 2.09 bits per heavy atom. The monoisotopic (exact) mass is 167 g/mol. The molecule has 0 bridgehead atoms. The van der Waals surface area contributed by atoms with Gasteiger partial charge in [-0.2, -0.15) is 0 Å². The Morgan fingerprint density at radius 1 is 1.36 bits per heavy atom. The highest BCUT2D eigenvalue weighted by Crippen LogP contribution is 2.15. The number of rotatable bonds is 2. The van der Waals surface area contributed by atoms with Crippen LogP contribution >= 0.6 is 11.6 Å². The van der Waals surface area contributed by atoms with Crippen molar-refractivity contribution < 1.29 is 0 Å². The molecular formula is C9H10ClN. The normalized spacial score (nSPS) is 10.4. The summed E-state index contributed by atoms with van der Waals surface area (Å²) in [6.45, 7) is 0. The highest BCUT2D eigenvalue weighted by atomic mass is 35.5. The molecule has 0 atom stereocenters. The van der Waals surface area contributed by atoms with Crippen molar-refractivity contribution in [2.75, 3.05) is 12.4 Å². The number of nitrogens with one attached hydrogen (secondary N) is 1. The summed E-state index contributed by atoms with van der Waals surface area (Å²) in [6, 6.07) is 7.97. The molecule has 0 heterocycles. The maximum absolute atomic E-state index is 5.46. The van der Waals surface area contributed by atoms with Gasteiger partial charge in [-0.15, -0.1) is 0 Å². The molecule has 0 saturated carbocycles. The standard InChI is InChI=1S/C9H10ClN/c1-11-9-5-3-2-4-8(9)6-7-10/h2-7,11H,1H3/b7-6-. The van der Waals surface area contributed by atoms with Crippen LogP contribution in [0.5, 0.6) is 0 Å². The average Bonchev–Trinajstić information content (AvgIpc) is 2.06. The number of halogens is 1. The van der Waals surface area contributed by atoms with Crippen LogP contribution in [-0.2, 0) is 0 Å². The second-order valence-electron chi connectivity index (χ2n) is 2.13. The summed E-state index contributed by atoms with van der Waals surface area (Å²) in [6.07, 6.45) is 1.85. The minimum atomic E-state index is 1.09. The van der Waals surface area contributed by atoms with Gasteiger partial charge < -0.3 is 5.32 Å². The summed E-state index contributed by atoms with van der Waals surface area (Å²) in [4.78, 5) is 0. The largest absolute Gasteiger partial charge is 0.388 e. The number of hydrogen-bond acceptors (Lipinski definition) is 1. The number of para-hydroxylation sites is 1. The van der Waals surface area contributed by atoms with E-state index in [0.29, 0.717) is 0 Å². The average molecular weight is 168 g/mol. The van der Waals surface area contributed by atoms with Crippen molar-refractivity contribution in [1.82, 2.24) is 0 Å². The predicted molar refractivity (Wildman–Crippen MR) is 50.9 cm³/mol. The van der Waals surface area contributed by atoms with Gasteiger partial charge in [0.2, 0.25) is 0 Å². The van der Waals surface area contributed by atoms with E-state index in [1.807, 2.05) is 37.4 Å². The highest BCUT2D eigenvalue weighted by molar-refractivity contribution is 6.27. The van der Waals surface area contributed by atoms with Crippen LogP contribution in [0.2, 0.25) is 0 Å². The molecular weight excluding hydrogens is 158 g/mol. The number of benzene rings is 1. The van der Waals surface area contributed by atoms with Gasteiger partial charge in [0.15, 0.2) is 0 Å². The van der Waals surface area contributed by atoms with Gasteiger partial charge in [0.1, 0.15) is 0 Å². The zero-order valence-corrected chi connectivity index (χ0v) is 7.10. The third-order valence-corrected chi connectivity index (χ3v) is 1.60. The van der Waals surface area contributed by atoms with E-state index in [-0.39, 0.29) is 0 Å². The lowest BCUT2D eigenvalue weighted by Gasteiger charge is -2.02. The smallest absolute Gasteiger partial charge is 0.0411 e. The first-order valence-corrected chi connectivity index (χ1v) is 3.85. The second kappa shape index (κ2) is 4.04. The molecule has 1 rings (SSSR count). The predicted octanol–water partition coefficient (Wildman–Crippen LogP) is 2.94. The van der Waals surface area contributed by atoms with Crippen LogP contribution in [0.4, 0.5) is 5.69 Å². The van der Waals surface area contributed by atoms with E-state index in [4.69, 9.17) is 11.6 Å². The Morgan fingerprint density at radius 3 is 2.73 bits per heavy atom. The number of anilines is 1. The van der Waals surface area contributed by atoms with E-state index in [1.165, 1.54) is 5.54 Å². The van der Waals surface area contributed by atoms with Crippen LogP contribution in [0.3, 0.4) is 0 Å². The maximum Gasteiger partial charge on any atom is 0.0411 e. The Kier molecular flexibility index (Phi) is 2.99. The van der Waals surface area contributed by atoms with Crippen molar-refractivity contribution >= 4 is 23.4 Å². The van der Waals surface area contributed by atoms with Gasteiger partial charge in [-0.3, -0.25) is 0 Å². The van der Waals surface area contributed by atoms with Crippen LogP contribution in [-0.4, -0.2) is 7.05 Å². The van der Waals surface area contributed by atoms with Gasteiger partial charge in [-0.1, -0.05) is 29.8 Å². The van der Waals surface area contributed by atoms with Crippen molar-refractivity contribution in [1.29, 1.82) is 0 Å². The maximum atomic E-state index is 5.46. The summed E-state index contributed by atoms with van der Waals surface area (Å²) < 4.78 is 0. The van der Waals surface area contributed by atoms with Crippen LogP contribution in [0.1, 0.15) is 5.56 Å². The minimum Gasteiger partial charge on any atom is -0.388 e. The van der Waals surface area contributed by atoms with Gasteiger partial charge in [-0.25, -0.2) is 0 Å². The molecule has 1 aromatic carbocycles. The lowest BCUT2D eigenvalue weighted by atomic mass is 10.2. The molecule has 2 heteroatoms. The van der Waals surface area contributed by atoms with Gasteiger partial charge >= 0.3 is 0 Å². The number of hydrogen-bond donors (Lipinski definition) is 1. The third-order valence-electron chi connectivity index (χ3n) is 1.47. The molecule has 0 saturated heterocycles. The first kappa shape index (κ1) is 8.15. The zero-order chi connectivity index (χ0) is 8.10. The van der Waals surface area contributed by atoms with Crippen molar-refractivity contribution in [3.05, 3.63) is 35.4 Å². The van der Waals surface area contributed by atoms with E-state index >= 15 is 0 Å². The van der Waals surface area contributed by atoms with Crippen molar-refractivity contribution in [2.24, 2.45) is 0 Å². The summed E-state index contributed by atoms with van der Waals surface area (Å²) in [7, 11) is 1.89. The highest BCUT2D eigenvalue weighted by Gasteiger charge is 1.92. The van der Waals surface area contributed by atoms with Gasteiger partial charge in [0.25, 0.3) is 0 Å². The van der Waals surface area contributed by atoms with Gasteiger partial charge in [-0.05, 0) is 17.7 Å². The fourth-order valence-electron chi connectivity index (χ4n) is 0.938. The molecule has 0 aliphatic heterocycles. The van der Waals surface area contributed by atoms with Gasteiger partial charge in [0.05, 0.1) is 0 Å². The molecule has 0 unspecified atom stereocenters. The van der Waals surface area contributed by atoms with E-state index in [0.717, 1.165) is 11.3 Å². The molecule has 0 aliphatic rings. The fourth-order valence-corrected chi connectivity index (χ4v) is 1.07. The summed E-state index contributed by atoms with van der Waals surface area (Å²) in [5, 5.41) is 3.07. The van der Waals surface area contributed by atoms with E-state index < -0.39 is 0 Å². The quantitative estimate of drug-likeness (QED) is 0.714. The Bertz CT molecular complexity index is 255. The molecule has 0 spiro atoms. The van der Waals surface area contributed by atoms with Gasteiger partial charge in [0, 0.05) is 18.3 Å². The zero-order valence-electron chi connectivity index (χ0n) is 6.34. The van der Waals surface area contributed by atoms with E-state index in [1.54, 1.807) is 0 Å². The van der Waals surface area contributed by atoms with Crippen LogP contribution in [0.15, 0.2) is 29.8 Å². The Hall–Kier alpha value is -0.950. The van der Waals surface area contributed by atoms with Crippen LogP contribution in [0, 0.1) is 0 Å². The molecule has 0 fully saturated rings. The van der Waals surface area contributed by atoms with Crippen LogP contribution in [0.25, 0.3) is 6.08 Å². The van der Waals surface area contributed by atoms with E-state index in [2.05, 4.69) is 5.32 Å². The van der Waals surface area contributed by atoms with Crippen LogP contribution < -0.4 is 5.32 Å². The molecule has 0 amide bonds. The fraction of sp³-hybridized carbons (Fsp3) is 0.111. The topological polar surface area (TPSA) is 12.0 Å². The van der Waals surface area contributed by atoms with Crippen molar-refractivity contribution in [3.8, 4) is 0 Å². The Labute approximate surface area is 71.7 Å². The van der Waals surface area contributed by atoms with Crippen molar-refractivity contribution in [2.45, 2.75) is 0 Å². The third kappa shape index (κ3) is 1.99. The molecule has 11 heavy (non-hydrogen) atoms. The molecule has 1 nitrogen and oxygen atoms in total. The molecule has 0 radical (unpaired) electrons. The summed E-state index contributed by atoms with van der Waals surface area (Å²) in [5.41, 5.74) is 3.70. The first-order valence-electron chi connectivity index (χ1n) is 3.42. The molecule has 0 aromatic heterocycles. The molecule has 58 valence electrons. The Balaban J connectivity index is 3.02.